The Bertz CT molecular complexity index is 587. The van der Waals surface area contributed by atoms with E-state index < -0.39 is 0 Å². The number of ether oxygens (including phenoxy) is 1. The molecule has 1 aromatic heterocycles. The molecule has 1 heterocycles. The Balaban J connectivity index is 2.30. The first-order valence-electron chi connectivity index (χ1n) is 6.11. The summed E-state index contributed by atoms with van der Waals surface area (Å²) in [4.78, 5) is 8.32. The van der Waals surface area contributed by atoms with E-state index in [0.717, 1.165) is 23.5 Å². The quantitative estimate of drug-likeness (QED) is 0.918. The highest BCUT2D eigenvalue weighted by Gasteiger charge is 2.10. The molecular weight excluding hydrogens is 262 g/mol. The minimum Gasteiger partial charge on any atom is -0.437 e. The standard InChI is InChI=1S/C14H16ClN3O/c1-4-16-13-10(3)14(18-8-17-13)19-12-6-5-9(2)7-11(12)15/h5-8H,4H2,1-3H3,(H,16,17,18). The third kappa shape index (κ3) is 3.15. The molecule has 2 rings (SSSR count). The molecule has 0 aliphatic rings. The van der Waals surface area contributed by atoms with Crippen LogP contribution in [0.15, 0.2) is 24.5 Å². The Morgan fingerprint density at radius 1 is 1.26 bits per heavy atom. The second-order valence-corrected chi connectivity index (χ2v) is 4.63. The SMILES string of the molecule is CCNc1ncnc(Oc2ccc(C)cc2Cl)c1C. The van der Waals surface area contributed by atoms with Gasteiger partial charge in [0, 0.05) is 6.54 Å². The monoisotopic (exact) mass is 277 g/mol. The van der Waals surface area contributed by atoms with Crippen LogP contribution in [0.1, 0.15) is 18.1 Å². The number of halogens is 1. The average Bonchev–Trinajstić information content (AvgIpc) is 2.37. The van der Waals surface area contributed by atoms with Gasteiger partial charge in [0.1, 0.15) is 17.9 Å². The summed E-state index contributed by atoms with van der Waals surface area (Å²) in [6, 6.07) is 5.65. The smallest absolute Gasteiger partial charge is 0.227 e. The first-order chi connectivity index (χ1) is 9.11. The largest absolute Gasteiger partial charge is 0.437 e. The summed E-state index contributed by atoms with van der Waals surface area (Å²) in [5, 5.41) is 3.73. The number of benzene rings is 1. The van der Waals surface area contributed by atoms with Crippen molar-refractivity contribution in [3.63, 3.8) is 0 Å². The highest BCUT2D eigenvalue weighted by atomic mass is 35.5. The minimum absolute atomic E-state index is 0.511. The molecule has 0 fully saturated rings. The molecule has 4 nitrogen and oxygen atoms in total. The second kappa shape index (κ2) is 5.89. The average molecular weight is 278 g/mol. The zero-order valence-electron chi connectivity index (χ0n) is 11.2. The van der Waals surface area contributed by atoms with Gasteiger partial charge in [-0.1, -0.05) is 17.7 Å². The molecule has 1 N–H and O–H groups in total. The lowest BCUT2D eigenvalue weighted by atomic mass is 10.2. The molecule has 19 heavy (non-hydrogen) atoms. The number of nitrogens with zero attached hydrogens (tertiary/aromatic N) is 2. The van der Waals surface area contributed by atoms with E-state index in [0.29, 0.717) is 16.7 Å². The predicted molar refractivity (Wildman–Crippen MR) is 77.2 cm³/mol. The molecule has 0 bridgehead atoms. The van der Waals surface area contributed by atoms with E-state index in [1.165, 1.54) is 6.33 Å². The van der Waals surface area contributed by atoms with E-state index >= 15 is 0 Å². The summed E-state index contributed by atoms with van der Waals surface area (Å²) >= 11 is 6.15. The topological polar surface area (TPSA) is 47.0 Å². The molecule has 2 aromatic rings. The van der Waals surface area contributed by atoms with Crippen molar-refractivity contribution in [1.29, 1.82) is 0 Å². The van der Waals surface area contributed by atoms with Crippen LogP contribution in [0.4, 0.5) is 5.82 Å². The highest BCUT2D eigenvalue weighted by Crippen LogP contribution is 2.31. The van der Waals surface area contributed by atoms with Crippen LogP contribution in [0, 0.1) is 13.8 Å². The van der Waals surface area contributed by atoms with Gasteiger partial charge in [-0.15, -0.1) is 0 Å². The van der Waals surface area contributed by atoms with Crippen molar-refractivity contribution >= 4 is 17.4 Å². The summed E-state index contributed by atoms with van der Waals surface area (Å²) in [6.45, 7) is 6.70. The second-order valence-electron chi connectivity index (χ2n) is 4.22. The maximum Gasteiger partial charge on any atom is 0.227 e. The zero-order valence-corrected chi connectivity index (χ0v) is 12.0. The van der Waals surface area contributed by atoms with E-state index in [1.807, 2.05) is 39.0 Å². The first-order valence-corrected chi connectivity index (χ1v) is 6.49. The van der Waals surface area contributed by atoms with Gasteiger partial charge in [0.2, 0.25) is 5.88 Å². The van der Waals surface area contributed by atoms with E-state index in [9.17, 15) is 0 Å². The Labute approximate surface area is 117 Å². The van der Waals surface area contributed by atoms with Gasteiger partial charge in [-0.05, 0) is 38.5 Å². The summed E-state index contributed by atoms with van der Waals surface area (Å²) in [5.41, 5.74) is 1.95. The number of hydrogen-bond donors (Lipinski definition) is 1. The highest BCUT2D eigenvalue weighted by molar-refractivity contribution is 6.32. The minimum atomic E-state index is 0.511. The van der Waals surface area contributed by atoms with Crippen LogP contribution in [0.3, 0.4) is 0 Å². The summed E-state index contributed by atoms with van der Waals surface area (Å²) < 4.78 is 5.76. The Morgan fingerprint density at radius 3 is 2.74 bits per heavy atom. The fraction of sp³-hybridized carbons (Fsp3) is 0.286. The van der Waals surface area contributed by atoms with E-state index in [2.05, 4.69) is 15.3 Å². The normalized spacial score (nSPS) is 10.3. The molecule has 0 aliphatic heterocycles. The van der Waals surface area contributed by atoms with Crippen molar-refractivity contribution in [2.24, 2.45) is 0 Å². The maximum absolute atomic E-state index is 6.15. The van der Waals surface area contributed by atoms with Crippen LogP contribution in [0.5, 0.6) is 11.6 Å². The summed E-state index contributed by atoms with van der Waals surface area (Å²) in [6.07, 6.45) is 1.47. The van der Waals surface area contributed by atoms with Crippen molar-refractivity contribution in [2.45, 2.75) is 20.8 Å². The molecular formula is C14H16ClN3O. The molecule has 0 aliphatic carbocycles. The lowest BCUT2D eigenvalue weighted by Gasteiger charge is -2.12. The van der Waals surface area contributed by atoms with Gasteiger partial charge in [-0.3, -0.25) is 0 Å². The van der Waals surface area contributed by atoms with E-state index in [4.69, 9.17) is 16.3 Å². The molecule has 1 aromatic carbocycles. The fourth-order valence-electron chi connectivity index (χ4n) is 1.68. The molecule has 5 heteroatoms. The molecule has 0 spiro atoms. The lowest BCUT2D eigenvalue weighted by Crippen LogP contribution is -2.03. The zero-order chi connectivity index (χ0) is 13.8. The number of aryl methyl sites for hydroxylation is 1. The van der Waals surface area contributed by atoms with Gasteiger partial charge >= 0.3 is 0 Å². The van der Waals surface area contributed by atoms with Gasteiger partial charge in [0.25, 0.3) is 0 Å². The van der Waals surface area contributed by atoms with E-state index in [1.54, 1.807) is 0 Å². The van der Waals surface area contributed by atoms with Crippen LogP contribution >= 0.6 is 11.6 Å². The van der Waals surface area contributed by atoms with Crippen molar-refractivity contribution in [2.75, 3.05) is 11.9 Å². The molecule has 0 unspecified atom stereocenters. The Hall–Kier alpha value is -1.81. The Kier molecular flexibility index (Phi) is 4.22. The lowest BCUT2D eigenvalue weighted by molar-refractivity contribution is 0.458. The van der Waals surface area contributed by atoms with E-state index in [-0.39, 0.29) is 0 Å². The first kappa shape index (κ1) is 13.6. The third-order valence-electron chi connectivity index (χ3n) is 2.68. The molecule has 100 valence electrons. The number of anilines is 1. The van der Waals surface area contributed by atoms with Crippen LogP contribution in [0.2, 0.25) is 5.02 Å². The van der Waals surface area contributed by atoms with Crippen molar-refractivity contribution < 1.29 is 4.74 Å². The maximum atomic E-state index is 6.15. The van der Waals surface area contributed by atoms with Crippen LogP contribution < -0.4 is 10.1 Å². The number of nitrogens with one attached hydrogen (secondary N) is 1. The molecule has 0 radical (unpaired) electrons. The summed E-state index contributed by atoms with van der Waals surface area (Å²) in [7, 11) is 0. The van der Waals surface area contributed by atoms with Crippen LogP contribution in [0.25, 0.3) is 0 Å². The van der Waals surface area contributed by atoms with Gasteiger partial charge in [-0.25, -0.2) is 9.97 Å². The molecule has 0 saturated heterocycles. The van der Waals surface area contributed by atoms with Crippen LogP contribution in [-0.2, 0) is 0 Å². The van der Waals surface area contributed by atoms with Crippen molar-refractivity contribution in [3.05, 3.63) is 40.7 Å². The molecule has 0 amide bonds. The fourth-order valence-corrected chi connectivity index (χ4v) is 1.95. The molecule has 0 saturated carbocycles. The Morgan fingerprint density at radius 2 is 2.05 bits per heavy atom. The van der Waals surface area contributed by atoms with Gasteiger partial charge < -0.3 is 10.1 Å². The van der Waals surface area contributed by atoms with Crippen molar-refractivity contribution in [1.82, 2.24) is 9.97 Å². The third-order valence-corrected chi connectivity index (χ3v) is 2.97. The van der Waals surface area contributed by atoms with Gasteiger partial charge in [0.05, 0.1) is 10.6 Å². The van der Waals surface area contributed by atoms with Gasteiger partial charge in [-0.2, -0.15) is 0 Å². The van der Waals surface area contributed by atoms with Crippen LogP contribution in [-0.4, -0.2) is 16.5 Å². The number of rotatable bonds is 4. The van der Waals surface area contributed by atoms with Gasteiger partial charge in [0.15, 0.2) is 0 Å². The molecule has 0 atom stereocenters. The predicted octanol–water partition coefficient (Wildman–Crippen LogP) is 3.97. The van der Waals surface area contributed by atoms with Crippen molar-refractivity contribution in [3.8, 4) is 11.6 Å². The number of hydrogen-bond acceptors (Lipinski definition) is 4. The summed E-state index contributed by atoms with van der Waals surface area (Å²) in [5.74, 6) is 1.88. The number of aromatic nitrogens is 2.